The van der Waals surface area contributed by atoms with Crippen LogP contribution < -0.4 is 14.5 Å². The van der Waals surface area contributed by atoms with Crippen molar-refractivity contribution in [1.29, 1.82) is 0 Å². The fourth-order valence-electron chi connectivity index (χ4n) is 5.93. The van der Waals surface area contributed by atoms with Crippen LogP contribution in [0.3, 0.4) is 0 Å². The molecule has 242 valence electrons. The first-order valence-electron chi connectivity index (χ1n) is 15.6. The molecule has 2 unspecified atom stereocenters. The molecule has 4 heterocycles. The second kappa shape index (κ2) is 13.5. The minimum atomic E-state index is -0.989. The van der Waals surface area contributed by atoms with Crippen molar-refractivity contribution in [2.45, 2.75) is 31.8 Å². The molecule has 12 nitrogen and oxygen atoms in total. The van der Waals surface area contributed by atoms with Gasteiger partial charge in [0.2, 0.25) is 5.79 Å². The molecule has 0 saturated carbocycles. The third kappa shape index (κ3) is 6.97. The first-order valence-corrected chi connectivity index (χ1v) is 16.4. The Hall–Kier alpha value is -4.85. The molecule has 2 atom stereocenters. The second-order valence-corrected chi connectivity index (χ2v) is 12.8. The summed E-state index contributed by atoms with van der Waals surface area (Å²) in [4.78, 5) is 25.0. The number of aromatic nitrogens is 4. The lowest BCUT2D eigenvalue weighted by Crippen LogP contribution is -2.46. The van der Waals surface area contributed by atoms with E-state index in [-0.39, 0.29) is 16.8 Å². The number of nitrogens with zero attached hydrogens (tertiary/aromatic N) is 7. The van der Waals surface area contributed by atoms with Gasteiger partial charge >= 0.3 is 10.9 Å². The lowest BCUT2D eigenvalue weighted by Gasteiger charge is -2.35. The summed E-state index contributed by atoms with van der Waals surface area (Å²) in [5.41, 5.74) is 4.16. The van der Waals surface area contributed by atoms with Gasteiger partial charge in [0.25, 0.3) is 0 Å². The maximum absolute atomic E-state index is 11.8. The molecule has 2 aromatic heterocycles. The zero-order valence-corrected chi connectivity index (χ0v) is 26.8. The van der Waals surface area contributed by atoms with Gasteiger partial charge in [-0.2, -0.15) is 5.10 Å². The zero-order chi connectivity index (χ0) is 32.2. The molecule has 0 aliphatic carbocycles. The van der Waals surface area contributed by atoms with Crippen molar-refractivity contribution in [2.75, 3.05) is 49.2 Å². The lowest BCUT2D eigenvalue weighted by molar-refractivity contribution is -0.389. The monoisotopic (exact) mass is 653 g/mol. The molecule has 47 heavy (non-hydrogen) atoms. The van der Waals surface area contributed by atoms with Crippen LogP contribution in [0.25, 0.3) is 0 Å². The van der Waals surface area contributed by atoms with Crippen LogP contribution in [-0.4, -0.2) is 70.2 Å². The van der Waals surface area contributed by atoms with E-state index < -0.39 is 5.79 Å². The Balaban J connectivity index is 0.966. The van der Waals surface area contributed by atoms with Crippen LogP contribution in [-0.2, 0) is 28.2 Å². The second-order valence-electron chi connectivity index (χ2n) is 11.7. The maximum atomic E-state index is 11.8. The molecule has 0 amide bonds. The fraction of sp³-hybridized carbons (Fsp3) is 0.324. The van der Waals surface area contributed by atoms with Crippen molar-refractivity contribution < 1.29 is 19.1 Å². The Kier molecular flexibility index (Phi) is 8.83. The van der Waals surface area contributed by atoms with Crippen LogP contribution in [0.1, 0.15) is 21.6 Å². The number of nitro groups is 1. The Morgan fingerprint density at radius 3 is 2.55 bits per heavy atom. The number of hydrogen-bond acceptors (Lipinski definition) is 11. The minimum absolute atomic E-state index is 0.0488. The van der Waals surface area contributed by atoms with E-state index in [0.717, 1.165) is 41.2 Å². The third-order valence-corrected chi connectivity index (χ3v) is 9.51. The first-order chi connectivity index (χ1) is 22.9. The summed E-state index contributed by atoms with van der Waals surface area (Å²) in [7, 11) is 0. The van der Waals surface area contributed by atoms with E-state index in [0.29, 0.717) is 49.3 Å². The van der Waals surface area contributed by atoms with E-state index in [1.807, 2.05) is 79.7 Å². The molecule has 2 fully saturated rings. The van der Waals surface area contributed by atoms with Crippen molar-refractivity contribution in [3.05, 3.63) is 123 Å². The van der Waals surface area contributed by atoms with E-state index in [9.17, 15) is 10.1 Å². The quantitative estimate of drug-likeness (QED) is 0.139. The van der Waals surface area contributed by atoms with Crippen LogP contribution in [0.15, 0.2) is 91.5 Å². The van der Waals surface area contributed by atoms with Gasteiger partial charge in [0.05, 0.1) is 6.61 Å². The number of aryl methyl sites for hydroxylation is 1. The fourth-order valence-corrected chi connectivity index (χ4v) is 7.04. The Labute approximate surface area is 276 Å². The molecule has 2 aliphatic rings. The van der Waals surface area contributed by atoms with Crippen LogP contribution in [0.5, 0.6) is 5.75 Å². The Morgan fingerprint density at radius 1 is 1.02 bits per heavy atom. The number of hydrogen-bond donors (Lipinski definition) is 0. The average Bonchev–Trinajstić information content (AvgIpc) is 3.86. The summed E-state index contributed by atoms with van der Waals surface area (Å²) in [6.07, 6.45) is 3.37. The van der Waals surface area contributed by atoms with Crippen molar-refractivity contribution in [1.82, 2.24) is 19.7 Å². The molecular formula is C34H35N7O5S. The molecule has 0 N–H and O–H groups in total. The Morgan fingerprint density at radius 2 is 1.81 bits per heavy atom. The van der Waals surface area contributed by atoms with Crippen LogP contribution in [0.4, 0.5) is 16.6 Å². The average molecular weight is 654 g/mol. The summed E-state index contributed by atoms with van der Waals surface area (Å²) in [6, 6.07) is 26.0. The van der Waals surface area contributed by atoms with Crippen LogP contribution >= 0.6 is 11.3 Å². The summed E-state index contributed by atoms with van der Waals surface area (Å²) >= 11 is 1.41. The number of thiazole rings is 1. The molecular weight excluding hydrogens is 618 g/mol. The van der Waals surface area contributed by atoms with Gasteiger partial charge in [0.1, 0.15) is 42.5 Å². The summed E-state index contributed by atoms with van der Waals surface area (Å²) in [5, 5.41) is 16.7. The van der Waals surface area contributed by atoms with Gasteiger partial charge in [0, 0.05) is 49.9 Å². The van der Waals surface area contributed by atoms with E-state index in [4.69, 9.17) is 14.2 Å². The number of anilines is 2. The van der Waals surface area contributed by atoms with Crippen LogP contribution in [0.2, 0.25) is 0 Å². The van der Waals surface area contributed by atoms with Gasteiger partial charge in [-0.05, 0) is 34.5 Å². The van der Waals surface area contributed by atoms with Crippen LogP contribution in [0, 0.1) is 17.0 Å². The van der Waals surface area contributed by atoms with Gasteiger partial charge in [-0.3, -0.25) is 0 Å². The molecule has 2 aliphatic heterocycles. The molecule has 7 rings (SSSR count). The van der Waals surface area contributed by atoms with Crippen molar-refractivity contribution >= 4 is 28.0 Å². The maximum Gasteiger partial charge on any atom is 0.380 e. The van der Waals surface area contributed by atoms with Gasteiger partial charge in [0.15, 0.2) is 0 Å². The molecule has 0 bridgehead atoms. The van der Waals surface area contributed by atoms with Gasteiger partial charge in [-0.15, -0.1) is 0 Å². The number of ether oxygens (including phenoxy) is 3. The van der Waals surface area contributed by atoms with E-state index >= 15 is 0 Å². The number of piperazine rings is 1. The standard InChI is InChI=1S/C34H35N7O5S/c1-25-10-12-27(13-11-25)34(22-40-24-35-23-36-40)45-21-30(46-34)20-44-29-9-5-8-28(19-29)38-14-16-39(17-15-38)33-37-32(41(42)43)31(47-33)18-26-6-3-2-4-7-26/h2-13,19,23-24,30H,14-18,20-22H2,1H3. The highest BCUT2D eigenvalue weighted by Crippen LogP contribution is 2.37. The largest absolute Gasteiger partial charge is 0.491 e. The van der Waals surface area contributed by atoms with E-state index in [2.05, 4.69) is 30.9 Å². The van der Waals surface area contributed by atoms with Gasteiger partial charge in [-0.25, -0.2) is 9.67 Å². The van der Waals surface area contributed by atoms with E-state index in [1.54, 1.807) is 11.0 Å². The predicted octanol–water partition coefficient (Wildman–Crippen LogP) is 5.22. The number of rotatable bonds is 11. The molecule has 13 heteroatoms. The van der Waals surface area contributed by atoms with Crippen molar-refractivity contribution in [3.63, 3.8) is 0 Å². The van der Waals surface area contributed by atoms with Crippen molar-refractivity contribution in [2.24, 2.45) is 0 Å². The Bertz CT molecular complexity index is 1790. The number of benzene rings is 3. The zero-order valence-electron chi connectivity index (χ0n) is 26.0. The summed E-state index contributed by atoms with van der Waals surface area (Å²) in [6.45, 7) is 6.06. The molecule has 0 radical (unpaired) electrons. The molecule has 2 saturated heterocycles. The highest BCUT2D eigenvalue weighted by atomic mass is 32.1. The molecule has 3 aromatic carbocycles. The molecule has 0 spiro atoms. The van der Waals surface area contributed by atoms with E-state index in [1.165, 1.54) is 17.7 Å². The van der Waals surface area contributed by atoms with Crippen molar-refractivity contribution in [3.8, 4) is 5.75 Å². The lowest BCUT2D eigenvalue weighted by atomic mass is 10.0. The smallest absolute Gasteiger partial charge is 0.380 e. The normalized spacial score (nSPS) is 19.6. The SMILES string of the molecule is Cc1ccc(C2(Cn3cncn3)OCC(COc3cccc(N4CCN(c5nc([N+](=O)[O-])c(Cc6ccccc6)s5)CC4)c3)O2)cc1. The third-order valence-electron chi connectivity index (χ3n) is 8.40. The first kappa shape index (κ1) is 30.8. The summed E-state index contributed by atoms with van der Waals surface area (Å²) in [5.74, 6) is -0.289. The highest BCUT2D eigenvalue weighted by Gasteiger charge is 2.44. The summed E-state index contributed by atoms with van der Waals surface area (Å²) < 4.78 is 20.8. The predicted molar refractivity (Wildman–Crippen MR) is 178 cm³/mol. The minimum Gasteiger partial charge on any atom is -0.491 e. The van der Waals surface area contributed by atoms with Gasteiger partial charge < -0.3 is 34.1 Å². The topological polar surface area (TPSA) is 121 Å². The van der Waals surface area contributed by atoms with Gasteiger partial charge in [-0.1, -0.05) is 77.6 Å². The molecule has 5 aromatic rings. The highest BCUT2D eigenvalue weighted by molar-refractivity contribution is 7.16.